The summed E-state index contributed by atoms with van der Waals surface area (Å²) in [5.74, 6) is -2.61. The van der Waals surface area contributed by atoms with Gasteiger partial charge in [0.05, 0.1) is 21.5 Å². The fourth-order valence-electron chi connectivity index (χ4n) is 3.73. The van der Waals surface area contributed by atoms with Gasteiger partial charge in [-0.15, -0.1) is 0 Å². The number of nitro groups is 2. The number of esters is 2. The third-order valence-electron chi connectivity index (χ3n) is 6.03. The number of nitrogens with zero attached hydrogens (tertiary/aromatic N) is 4. The summed E-state index contributed by atoms with van der Waals surface area (Å²) < 4.78 is 9.93. The van der Waals surface area contributed by atoms with Crippen LogP contribution in [0.2, 0.25) is 5.02 Å². The Morgan fingerprint density at radius 2 is 1.32 bits per heavy atom. The largest absolute Gasteiger partial charge is 0.460 e. The molecule has 0 N–H and O–H groups in total. The van der Waals surface area contributed by atoms with Gasteiger partial charge in [0, 0.05) is 12.1 Å². The van der Waals surface area contributed by atoms with E-state index >= 15 is 0 Å². The summed E-state index contributed by atoms with van der Waals surface area (Å²) in [6, 6.07) is 29.2. The van der Waals surface area contributed by atoms with Crippen molar-refractivity contribution in [1.29, 1.82) is 5.26 Å². The van der Waals surface area contributed by atoms with E-state index in [1.54, 1.807) is 56.3 Å². The predicted octanol–water partition coefficient (Wildman–Crippen LogP) is 7.46. The zero-order valence-electron chi connectivity index (χ0n) is 25.4. The van der Waals surface area contributed by atoms with Crippen molar-refractivity contribution >= 4 is 34.9 Å². The number of ether oxygens (including phenoxy) is 2. The summed E-state index contributed by atoms with van der Waals surface area (Å²) in [5.41, 5.74) is 2.97. The molecule has 0 aromatic heterocycles. The van der Waals surface area contributed by atoms with Gasteiger partial charge in [-0.25, -0.2) is 11.4 Å². The van der Waals surface area contributed by atoms with Gasteiger partial charge in [-0.2, -0.15) is 5.26 Å². The summed E-state index contributed by atoms with van der Waals surface area (Å²) >= 11 is 5.55. The highest BCUT2D eigenvalue weighted by atomic mass is 35.5. The van der Waals surface area contributed by atoms with Crippen molar-refractivity contribution in [3.8, 4) is 6.07 Å². The second-order valence-corrected chi connectivity index (χ2v) is 10.1. The van der Waals surface area contributed by atoms with E-state index in [9.17, 15) is 35.1 Å². The fraction of sp³-hybridized carbons (Fsp3) is 0.176. The lowest BCUT2D eigenvalue weighted by Crippen LogP contribution is -2.16. The zero-order valence-corrected chi connectivity index (χ0v) is 26.1. The molecule has 1 unspecified atom stereocenters. The molecule has 0 fully saturated rings. The van der Waals surface area contributed by atoms with Crippen LogP contribution in [-0.4, -0.2) is 28.3 Å². The van der Waals surface area contributed by atoms with E-state index < -0.39 is 27.7 Å². The number of hydrogen-bond donors (Lipinski definition) is 0. The highest BCUT2D eigenvalue weighted by molar-refractivity contribution is 6.32. The number of rotatable bonds is 9. The van der Waals surface area contributed by atoms with E-state index in [0.717, 1.165) is 16.7 Å². The Balaban J connectivity index is 0.000000270. The Hall–Kier alpha value is -6.11. The lowest BCUT2D eigenvalue weighted by atomic mass is 9.97. The Morgan fingerprint density at radius 3 is 1.79 bits per heavy atom. The summed E-state index contributed by atoms with van der Waals surface area (Å²) in [6.45, 7) is 9.98. The maximum absolute atomic E-state index is 12.1. The van der Waals surface area contributed by atoms with Gasteiger partial charge < -0.3 is 14.3 Å². The Kier molecular flexibility index (Phi) is 15.2. The molecule has 0 amide bonds. The molecule has 0 heterocycles. The van der Waals surface area contributed by atoms with Crippen LogP contribution in [0.5, 0.6) is 0 Å². The van der Waals surface area contributed by atoms with Crippen LogP contribution in [0.1, 0.15) is 33.7 Å². The molecule has 4 aromatic rings. The third kappa shape index (κ3) is 12.8. The van der Waals surface area contributed by atoms with Gasteiger partial charge in [-0.05, 0) is 48.2 Å². The monoisotopic (exact) mass is 656 g/mol. The summed E-state index contributed by atoms with van der Waals surface area (Å²) in [5, 5.41) is 30.9. The molecule has 0 aliphatic rings. The summed E-state index contributed by atoms with van der Waals surface area (Å²) in [6.07, 6.45) is 0. The summed E-state index contributed by atoms with van der Waals surface area (Å²) in [4.78, 5) is 46.2. The van der Waals surface area contributed by atoms with Crippen LogP contribution in [0.15, 0.2) is 97.1 Å². The minimum atomic E-state index is -1.33. The number of carbonyl (C=O) groups is 2. The maximum atomic E-state index is 12.1. The molecule has 13 heteroatoms. The molecule has 0 aliphatic carbocycles. The highest BCUT2D eigenvalue weighted by Crippen LogP contribution is 2.29. The molecule has 0 aliphatic heterocycles. The topological polar surface area (TPSA) is 167 Å². The first-order valence-corrected chi connectivity index (χ1v) is 14.1. The van der Waals surface area contributed by atoms with E-state index in [1.165, 1.54) is 24.3 Å². The minimum absolute atomic E-state index is 0.0114. The summed E-state index contributed by atoms with van der Waals surface area (Å²) in [7, 11) is 0. The lowest BCUT2D eigenvalue weighted by molar-refractivity contribution is -0.385. The van der Waals surface area contributed by atoms with Crippen LogP contribution in [-0.2, 0) is 32.3 Å². The average molecular weight is 657 g/mol. The van der Waals surface area contributed by atoms with E-state index in [-0.39, 0.29) is 41.7 Å². The van der Waals surface area contributed by atoms with Gasteiger partial charge in [0.2, 0.25) is 0 Å². The number of halogens is 1. The molecule has 1 atom stereocenters. The molecule has 12 nitrogen and oxygen atoms in total. The highest BCUT2D eigenvalue weighted by Gasteiger charge is 2.29. The molecule has 0 saturated carbocycles. The van der Waals surface area contributed by atoms with Crippen molar-refractivity contribution in [1.82, 2.24) is 0 Å². The van der Waals surface area contributed by atoms with Gasteiger partial charge in [-0.1, -0.05) is 84.4 Å². The molecular formula is C34H29ClN4O8. The van der Waals surface area contributed by atoms with Gasteiger partial charge in [0.25, 0.3) is 11.4 Å². The van der Waals surface area contributed by atoms with Crippen LogP contribution in [0.25, 0.3) is 4.85 Å². The SMILES string of the molecule is Cc1ccc(C(C#N)C(=O)OCc2ccccc2)c([N+](=O)[O-])c1.Cc1ccc(Cl)c([N+](=O)[O-])c1.[C-]#[N+]CC(=O)OCc1ccccc1. The fourth-order valence-corrected chi connectivity index (χ4v) is 3.91. The maximum Gasteiger partial charge on any atom is 0.387 e. The first-order valence-electron chi connectivity index (χ1n) is 13.7. The number of nitriles is 1. The van der Waals surface area contributed by atoms with Gasteiger partial charge >= 0.3 is 18.5 Å². The van der Waals surface area contributed by atoms with Crippen LogP contribution in [0, 0.1) is 52.0 Å². The van der Waals surface area contributed by atoms with Crippen molar-refractivity contribution in [3.05, 3.63) is 162 Å². The Labute approximate surface area is 275 Å². The van der Waals surface area contributed by atoms with Gasteiger partial charge in [-0.3, -0.25) is 25.0 Å². The van der Waals surface area contributed by atoms with E-state index in [1.807, 2.05) is 36.4 Å². The molecule has 47 heavy (non-hydrogen) atoms. The van der Waals surface area contributed by atoms with Crippen LogP contribution < -0.4 is 0 Å². The van der Waals surface area contributed by atoms with E-state index in [4.69, 9.17) is 27.6 Å². The van der Waals surface area contributed by atoms with Crippen molar-refractivity contribution in [2.45, 2.75) is 33.0 Å². The van der Waals surface area contributed by atoms with Crippen LogP contribution in [0.4, 0.5) is 11.4 Å². The molecule has 0 radical (unpaired) electrons. The molecule has 240 valence electrons. The smallest absolute Gasteiger partial charge is 0.387 e. The first kappa shape index (κ1) is 37.1. The minimum Gasteiger partial charge on any atom is -0.460 e. The molecule has 0 spiro atoms. The third-order valence-corrected chi connectivity index (χ3v) is 6.35. The molecule has 4 aromatic carbocycles. The van der Waals surface area contributed by atoms with Gasteiger partial charge in [0.15, 0.2) is 5.92 Å². The van der Waals surface area contributed by atoms with E-state index in [2.05, 4.69) is 4.85 Å². The molecular weight excluding hydrogens is 628 g/mol. The zero-order chi connectivity index (χ0) is 34.8. The van der Waals surface area contributed by atoms with Crippen molar-refractivity contribution in [2.75, 3.05) is 6.54 Å². The molecule has 0 saturated heterocycles. The predicted molar refractivity (Wildman–Crippen MR) is 173 cm³/mol. The van der Waals surface area contributed by atoms with Crippen molar-refractivity contribution in [2.24, 2.45) is 0 Å². The molecule has 0 bridgehead atoms. The number of aryl methyl sites for hydroxylation is 2. The first-order chi connectivity index (χ1) is 22.5. The molecule has 4 rings (SSSR count). The standard InChI is InChI=1S/C17H14N2O4.C10H9NO2.C7H6ClNO2/c1-12-7-8-14(16(9-12)19(21)22)15(10-18)17(20)23-11-13-5-3-2-4-6-13;1-11-7-10(12)13-8-9-5-3-2-4-6-9;1-5-2-3-6(8)7(4-5)9(10)11/h2-9,15H,11H2,1H3;2-6H,7-8H2;2-4H,1H3. The van der Waals surface area contributed by atoms with Crippen LogP contribution in [0.3, 0.4) is 0 Å². The van der Waals surface area contributed by atoms with Gasteiger partial charge in [0.1, 0.15) is 18.2 Å². The number of hydrogen-bond acceptors (Lipinski definition) is 9. The quantitative estimate of drug-likeness (QED) is 0.0768. The second kappa shape index (κ2) is 19.3. The number of nitro benzene ring substituents is 2. The van der Waals surface area contributed by atoms with E-state index in [0.29, 0.717) is 5.56 Å². The Bertz CT molecular complexity index is 1770. The normalized spacial score (nSPS) is 10.2. The Morgan fingerprint density at radius 1 is 0.830 bits per heavy atom. The second-order valence-electron chi connectivity index (χ2n) is 9.65. The van der Waals surface area contributed by atoms with Crippen molar-refractivity contribution in [3.63, 3.8) is 0 Å². The average Bonchev–Trinajstić information content (AvgIpc) is 3.06. The van der Waals surface area contributed by atoms with Crippen LogP contribution >= 0.6 is 11.6 Å². The van der Waals surface area contributed by atoms with Crippen molar-refractivity contribution < 1.29 is 28.9 Å². The number of benzene rings is 4. The number of carbonyl (C=O) groups excluding carboxylic acids is 2. The lowest BCUT2D eigenvalue weighted by Gasteiger charge is -2.11.